The number of rotatable bonds is 3. The molecule has 0 fully saturated rings. The topological polar surface area (TPSA) is 66.4 Å². The number of anilines is 1. The Morgan fingerprint density at radius 1 is 1.05 bits per heavy atom. The SMILES string of the molecule is Cc1cc(C)c(C(=O)Nc2sc(C)cc2C(=O)O)c(C)c1. The lowest BCUT2D eigenvalue weighted by Crippen LogP contribution is -2.16. The maximum absolute atomic E-state index is 12.5. The molecule has 4 nitrogen and oxygen atoms in total. The van der Waals surface area contributed by atoms with E-state index in [4.69, 9.17) is 5.11 Å². The van der Waals surface area contributed by atoms with E-state index in [1.807, 2.05) is 39.8 Å². The summed E-state index contributed by atoms with van der Waals surface area (Å²) >= 11 is 1.27. The highest BCUT2D eigenvalue weighted by molar-refractivity contribution is 7.16. The fraction of sp³-hybridized carbons (Fsp3) is 0.250. The van der Waals surface area contributed by atoms with Crippen LogP contribution >= 0.6 is 11.3 Å². The van der Waals surface area contributed by atoms with Crippen LogP contribution in [0.5, 0.6) is 0 Å². The number of nitrogens with one attached hydrogen (secondary N) is 1. The lowest BCUT2D eigenvalue weighted by atomic mass is 9.99. The number of hydrogen-bond donors (Lipinski definition) is 2. The standard InChI is InChI=1S/C16H17NO3S/c1-8-5-9(2)13(10(3)6-8)14(18)17-15-12(16(19)20)7-11(4)21-15/h5-7H,1-4H3,(H,17,18)(H,19,20). The van der Waals surface area contributed by atoms with Crippen molar-refractivity contribution in [2.75, 3.05) is 5.32 Å². The predicted octanol–water partition coefficient (Wildman–Crippen LogP) is 3.93. The highest BCUT2D eigenvalue weighted by Crippen LogP contribution is 2.28. The first-order valence-corrected chi connectivity index (χ1v) is 7.34. The van der Waals surface area contributed by atoms with Gasteiger partial charge < -0.3 is 10.4 Å². The Labute approximate surface area is 127 Å². The Bertz CT molecular complexity index is 708. The molecule has 0 aliphatic heterocycles. The number of carbonyl (C=O) groups excluding carboxylic acids is 1. The third-order valence-electron chi connectivity index (χ3n) is 3.22. The Morgan fingerprint density at radius 2 is 1.62 bits per heavy atom. The maximum Gasteiger partial charge on any atom is 0.338 e. The summed E-state index contributed by atoms with van der Waals surface area (Å²) in [7, 11) is 0. The van der Waals surface area contributed by atoms with Gasteiger partial charge >= 0.3 is 5.97 Å². The molecule has 2 N–H and O–H groups in total. The second-order valence-corrected chi connectivity index (χ2v) is 6.39. The van der Waals surface area contributed by atoms with E-state index in [1.165, 1.54) is 11.3 Å². The molecule has 1 aromatic heterocycles. The maximum atomic E-state index is 12.5. The van der Waals surface area contributed by atoms with Gasteiger partial charge in [-0.2, -0.15) is 0 Å². The summed E-state index contributed by atoms with van der Waals surface area (Å²) in [6.07, 6.45) is 0. The molecular weight excluding hydrogens is 286 g/mol. The lowest BCUT2D eigenvalue weighted by Gasteiger charge is -2.11. The Kier molecular flexibility index (Phi) is 4.14. The molecule has 0 spiro atoms. The van der Waals surface area contributed by atoms with Crippen molar-refractivity contribution in [2.45, 2.75) is 27.7 Å². The number of aryl methyl sites for hydroxylation is 4. The molecule has 1 amide bonds. The predicted molar refractivity (Wildman–Crippen MR) is 84.6 cm³/mol. The quantitative estimate of drug-likeness (QED) is 0.902. The Balaban J connectivity index is 2.37. The van der Waals surface area contributed by atoms with Crippen molar-refractivity contribution in [3.05, 3.63) is 50.9 Å². The number of carbonyl (C=O) groups is 2. The minimum atomic E-state index is -1.04. The van der Waals surface area contributed by atoms with Gasteiger partial charge in [0.25, 0.3) is 5.91 Å². The summed E-state index contributed by atoms with van der Waals surface area (Å²) in [6, 6.07) is 5.46. The van der Waals surface area contributed by atoms with E-state index in [2.05, 4.69) is 5.32 Å². The van der Waals surface area contributed by atoms with Gasteiger partial charge in [0, 0.05) is 10.4 Å². The normalized spacial score (nSPS) is 10.5. The van der Waals surface area contributed by atoms with Crippen molar-refractivity contribution >= 4 is 28.2 Å². The van der Waals surface area contributed by atoms with Gasteiger partial charge in [-0.1, -0.05) is 17.7 Å². The summed E-state index contributed by atoms with van der Waals surface area (Å²) in [5.74, 6) is -1.30. The van der Waals surface area contributed by atoms with Crippen molar-refractivity contribution < 1.29 is 14.7 Å². The van der Waals surface area contributed by atoms with Gasteiger partial charge in [0.2, 0.25) is 0 Å². The first kappa shape index (κ1) is 15.3. The van der Waals surface area contributed by atoms with E-state index in [0.717, 1.165) is 21.6 Å². The highest BCUT2D eigenvalue weighted by atomic mass is 32.1. The van der Waals surface area contributed by atoms with Crippen LogP contribution in [-0.4, -0.2) is 17.0 Å². The fourth-order valence-corrected chi connectivity index (χ4v) is 3.37. The number of carboxylic acids is 1. The highest BCUT2D eigenvalue weighted by Gasteiger charge is 2.19. The monoisotopic (exact) mass is 303 g/mol. The number of amides is 1. The van der Waals surface area contributed by atoms with Crippen molar-refractivity contribution in [3.8, 4) is 0 Å². The van der Waals surface area contributed by atoms with Crippen molar-refractivity contribution in [1.82, 2.24) is 0 Å². The summed E-state index contributed by atoms with van der Waals surface area (Å²) in [5.41, 5.74) is 3.60. The number of thiophene rings is 1. The second kappa shape index (κ2) is 5.69. The minimum Gasteiger partial charge on any atom is -0.478 e. The van der Waals surface area contributed by atoms with Crippen LogP contribution in [0.15, 0.2) is 18.2 Å². The van der Waals surface area contributed by atoms with Gasteiger partial charge in [-0.15, -0.1) is 11.3 Å². The molecule has 2 aromatic rings. The molecule has 21 heavy (non-hydrogen) atoms. The zero-order chi connectivity index (χ0) is 15.7. The number of benzene rings is 1. The minimum absolute atomic E-state index is 0.133. The van der Waals surface area contributed by atoms with Gasteiger partial charge in [0.05, 0.1) is 5.56 Å². The number of hydrogen-bond acceptors (Lipinski definition) is 3. The number of carboxylic acid groups (broad SMARTS) is 1. The van der Waals surface area contributed by atoms with Gasteiger partial charge in [-0.3, -0.25) is 4.79 Å². The fourth-order valence-electron chi connectivity index (χ4n) is 2.47. The Morgan fingerprint density at radius 3 is 2.14 bits per heavy atom. The van der Waals surface area contributed by atoms with Gasteiger partial charge in [0.15, 0.2) is 0 Å². The average molecular weight is 303 g/mol. The van der Waals surface area contributed by atoms with E-state index in [1.54, 1.807) is 6.07 Å². The lowest BCUT2D eigenvalue weighted by molar-refractivity contribution is 0.0698. The molecule has 0 atom stereocenters. The molecule has 0 saturated carbocycles. The first-order chi connectivity index (χ1) is 9.79. The van der Waals surface area contributed by atoms with Crippen LogP contribution in [0, 0.1) is 27.7 Å². The van der Waals surface area contributed by atoms with E-state index in [0.29, 0.717) is 10.6 Å². The molecule has 0 bridgehead atoms. The molecule has 0 radical (unpaired) electrons. The van der Waals surface area contributed by atoms with E-state index < -0.39 is 5.97 Å². The largest absolute Gasteiger partial charge is 0.478 e. The smallest absolute Gasteiger partial charge is 0.338 e. The van der Waals surface area contributed by atoms with Crippen LogP contribution in [0.4, 0.5) is 5.00 Å². The molecule has 5 heteroatoms. The van der Waals surface area contributed by atoms with Crippen LogP contribution in [0.2, 0.25) is 0 Å². The zero-order valence-electron chi connectivity index (χ0n) is 12.4. The molecule has 1 aromatic carbocycles. The molecule has 0 saturated heterocycles. The van der Waals surface area contributed by atoms with Crippen LogP contribution < -0.4 is 5.32 Å². The molecule has 2 rings (SSSR count). The molecule has 0 aliphatic rings. The third kappa shape index (κ3) is 3.13. The van der Waals surface area contributed by atoms with Crippen molar-refractivity contribution in [2.24, 2.45) is 0 Å². The van der Waals surface area contributed by atoms with Crippen LogP contribution in [0.1, 0.15) is 42.3 Å². The average Bonchev–Trinajstić information content (AvgIpc) is 2.68. The summed E-state index contributed by atoms with van der Waals surface area (Å²) < 4.78 is 0. The van der Waals surface area contributed by atoms with E-state index in [-0.39, 0.29) is 11.5 Å². The summed E-state index contributed by atoms with van der Waals surface area (Å²) in [6.45, 7) is 7.56. The third-order valence-corrected chi connectivity index (χ3v) is 4.18. The summed E-state index contributed by atoms with van der Waals surface area (Å²) in [4.78, 5) is 24.5. The van der Waals surface area contributed by atoms with Gasteiger partial charge in [-0.05, 0) is 44.9 Å². The van der Waals surface area contributed by atoms with E-state index in [9.17, 15) is 9.59 Å². The van der Waals surface area contributed by atoms with Crippen molar-refractivity contribution in [3.63, 3.8) is 0 Å². The molecule has 0 aliphatic carbocycles. The zero-order valence-corrected chi connectivity index (χ0v) is 13.2. The second-order valence-electron chi connectivity index (χ2n) is 5.13. The molecule has 110 valence electrons. The molecule has 1 heterocycles. The Hall–Kier alpha value is -2.14. The molecular formula is C16H17NO3S. The molecule has 0 unspecified atom stereocenters. The van der Waals surface area contributed by atoms with Crippen LogP contribution in [0.25, 0.3) is 0 Å². The van der Waals surface area contributed by atoms with E-state index >= 15 is 0 Å². The van der Waals surface area contributed by atoms with Crippen LogP contribution in [0.3, 0.4) is 0 Å². The first-order valence-electron chi connectivity index (χ1n) is 6.52. The van der Waals surface area contributed by atoms with Gasteiger partial charge in [0.1, 0.15) is 5.00 Å². The van der Waals surface area contributed by atoms with Gasteiger partial charge in [-0.25, -0.2) is 4.79 Å². The number of aromatic carboxylic acids is 1. The van der Waals surface area contributed by atoms with Crippen molar-refractivity contribution in [1.29, 1.82) is 0 Å². The summed E-state index contributed by atoms with van der Waals surface area (Å²) in [5, 5.41) is 12.3. The van der Waals surface area contributed by atoms with Crippen LogP contribution in [-0.2, 0) is 0 Å².